The van der Waals surface area contributed by atoms with Crippen molar-refractivity contribution in [2.24, 2.45) is 0 Å². The van der Waals surface area contributed by atoms with Crippen LogP contribution in [0.1, 0.15) is 32.6 Å². The smallest absolute Gasteiger partial charge is 0.409 e. The van der Waals surface area contributed by atoms with Gasteiger partial charge >= 0.3 is 6.09 Å². The molecular weight excluding hydrogens is 336 g/mol. The Hall–Kier alpha value is -2.44. The summed E-state index contributed by atoms with van der Waals surface area (Å²) < 4.78 is 15.9. The van der Waals surface area contributed by atoms with Gasteiger partial charge in [-0.25, -0.2) is 4.79 Å². The van der Waals surface area contributed by atoms with Crippen LogP contribution in [0.4, 0.5) is 4.79 Å². The molecule has 7 heteroatoms. The number of ether oxygens (including phenoxy) is 3. The number of benzene rings is 1. The molecule has 1 aliphatic heterocycles. The summed E-state index contributed by atoms with van der Waals surface area (Å²) in [5, 5.41) is 2.95. The van der Waals surface area contributed by atoms with E-state index in [-0.39, 0.29) is 24.6 Å². The molecule has 1 heterocycles. The normalized spacial score (nSPS) is 14.6. The van der Waals surface area contributed by atoms with Crippen molar-refractivity contribution in [3.05, 3.63) is 24.3 Å². The van der Waals surface area contributed by atoms with Gasteiger partial charge in [-0.2, -0.15) is 0 Å². The molecule has 2 amide bonds. The Morgan fingerprint density at radius 1 is 1.19 bits per heavy atom. The molecule has 0 saturated carbocycles. The Morgan fingerprint density at radius 2 is 1.88 bits per heavy atom. The maximum atomic E-state index is 12.1. The largest absolute Gasteiger partial charge is 0.493 e. The number of para-hydroxylation sites is 2. The molecule has 0 spiro atoms. The predicted molar refractivity (Wildman–Crippen MR) is 97.5 cm³/mol. The first-order valence-corrected chi connectivity index (χ1v) is 9.11. The zero-order chi connectivity index (χ0) is 18.8. The minimum absolute atomic E-state index is 0.0449. The maximum absolute atomic E-state index is 12.1. The third-order valence-electron chi connectivity index (χ3n) is 4.27. The molecule has 1 aromatic carbocycles. The van der Waals surface area contributed by atoms with Gasteiger partial charge in [0.1, 0.15) is 0 Å². The summed E-state index contributed by atoms with van der Waals surface area (Å²) in [6.45, 7) is 3.62. The summed E-state index contributed by atoms with van der Waals surface area (Å²) in [4.78, 5) is 25.7. The first-order chi connectivity index (χ1) is 12.6. The van der Waals surface area contributed by atoms with Gasteiger partial charge in [0.2, 0.25) is 0 Å². The lowest BCUT2D eigenvalue weighted by molar-refractivity contribution is -0.124. The quantitative estimate of drug-likeness (QED) is 0.718. The Morgan fingerprint density at radius 3 is 2.54 bits per heavy atom. The van der Waals surface area contributed by atoms with Crippen molar-refractivity contribution in [3.8, 4) is 11.5 Å². The molecular formula is C19H28N2O5. The maximum Gasteiger partial charge on any atom is 0.409 e. The van der Waals surface area contributed by atoms with E-state index < -0.39 is 0 Å². The van der Waals surface area contributed by atoms with Crippen molar-refractivity contribution in [3.63, 3.8) is 0 Å². The SMILES string of the molecule is CCCCOC(=O)N1CCC(NC(=O)COc2ccccc2OC)CC1. The van der Waals surface area contributed by atoms with E-state index >= 15 is 0 Å². The number of hydrogen-bond donors (Lipinski definition) is 1. The number of hydrogen-bond acceptors (Lipinski definition) is 5. The van der Waals surface area contributed by atoms with E-state index in [0.29, 0.717) is 44.0 Å². The van der Waals surface area contributed by atoms with Crippen LogP contribution in [0.15, 0.2) is 24.3 Å². The van der Waals surface area contributed by atoms with Crippen LogP contribution in [0, 0.1) is 0 Å². The molecule has 1 fully saturated rings. The van der Waals surface area contributed by atoms with Gasteiger partial charge in [-0.15, -0.1) is 0 Å². The first-order valence-electron chi connectivity index (χ1n) is 9.11. The van der Waals surface area contributed by atoms with Gasteiger partial charge < -0.3 is 24.4 Å². The lowest BCUT2D eigenvalue weighted by atomic mass is 10.1. The fourth-order valence-electron chi connectivity index (χ4n) is 2.75. The number of piperidine rings is 1. The van der Waals surface area contributed by atoms with E-state index in [1.54, 1.807) is 24.1 Å². The van der Waals surface area contributed by atoms with Crippen LogP contribution in [0.2, 0.25) is 0 Å². The predicted octanol–water partition coefficient (Wildman–Crippen LogP) is 2.59. The van der Waals surface area contributed by atoms with E-state index in [1.165, 1.54) is 0 Å². The highest BCUT2D eigenvalue weighted by Gasteiger charge is 2.24. The van der Waals surface area contributed by atoms with Crippen LogP contribution >= 0.6 is 0 Å². The lowest BCUT2D eigenvalue weighted by Gasteiger charge is -2.31. The molecule has 0 radical (unpaired) electrons. The molecule has 1 saturated heterocycles. The fourth-order valence-corrected chi connectivity index (χ4v) is 2.75. The molecule has 7 nitrogen and oxygen atoms in total. The molecule has 26 heavy (non-hydrogen) atoms. The number of carbonyl (C=O) groups is 2. The van der Waals surface area contributed by atoms with Crippen LogP contribution < -0.4 is 14.8 Å². The number of amides is 2. The monoisotopic (exact) mass is 364 g/mol. The van der Waals surface area contributed by atoms with Gasteiger partial charge in [0, 0.05) is 19.1 Å². The van der Waals surface area contributed by atoms with Crippen molar-refractivity contribution in [2.45, 2.75) is 38.6 Å². The van der Waals surface area contributed by atoms with Gasteiger partial charge in [0.15, 0.2) is 18.1 Å². The number of nitrogens with zero attached hydrogens (tertiary/aromatic N) is 1. The van der Waals surface area contributed by atoms with Crippen molar-refractivity contribution in [1.82, 2.24) is 10.2 Å². The van der Waals surface area contributed by atoms with Gasteiger partial charge in [-0.05, 0) is 31.4 Å². The van der Waals surface area contributed by atoms with Crippen LogP contribution in [-0.4, -0.2) is 56.4 Å². The highest BCUT2D eigenvalue weighted by molar-refractivity contribution is 5.78. The molecule has 0 aliphatic carbocycles. The Balaban J connectivity index is 1.68. The van der Waals surface area contributed by atoms with E-state index in [1.807, 2.05) is 12.1 Å². The average Bonchev–Trinajstić information content (AvgIpc) is 2.67. The summed E-state index contributed by atoms with van der Waals surface area (Å²) in [6, 6.07) is 7.25. The Bertz CT molecular complexity index is 585. The van der Waals surface area contributed by atoms with E-state index in [9.17, 15) is 9.59 Å². The Labute approximate surface area is 154 Å². The second-order valence-electron chi connectivity index (χ2n) is 6.24. The van der Waals surface area contributed by atoms with Gasteiger partial charge in [-0.1, -0.05) is 25.5 Å². The fraction of sp³-hybridized carbons (Fsp3) is 0.579. The molecule has 1 aromatic rings. The molecule has 0 unspecified atom stereocenters. The van der Waals surface area contributed by atoms with Crippen LogP contribution in [0.25, 0.3) is 0 Å². The van der Waals surface area contributed by atoms with Gasteiger partial charge in [0.25, 0.3) is 5.91 Å². The first kappa shape index (κ1) is 19.9. The van der Waals surface area contributed by atoms with Crippen LogP contribution in [0.5, 0.6) is 11.5 Å². The van der Waals surface area contributed by atoms with Crippen molar-refractivity contribution in [2.75, 3.05) is 33.4 Å². The molecule has 0 bridgehead atoms. The summed E-state index contributed by atoms with van der Waals surface area (Å²) in [5.41, 5.74) is 0. The molecule has 1 aliphatic rings. The van der Waals surface area contributed by atoms with Crippen molar-refractivity contribution < 1.29 is 23.8 Å². The van der Waals surface area contributed by atoms with Crippen LogP contribution in [0.3, 0.4) is 0 Å². The average molecular weight is 364 g/mol. The lowest BCUT2D eigenvalue weighted by Crippen LogP contribution is -2.47. The third kappa shape index (κ3) is 6.13. The van der Waals surface area contributed by atoms with Crippen LogP contribution in [-0.2, 0) is 9.53 Å². The van der Waals surface area contributed by atoms with Gasteiger partial charge in [0.05, 0.1) is 13.7 Å². The van der Waals surface area contributed by atoms with E-state index in [4.69, 9.17) is 14.2 Å². The highest BCUT2D eigenvalue weighted by Crippen LogP contribution is 2.25. The van der Waals surface area contributed by atoms with Gasteiger partial charge in [-0.3, -0.25) is 4.79 Å². The Kier molecular flexibility index (Phi) is 8.05. The summed E-state index contributed by atoms with van der Waals surface area (Å²) in [6.07, 6.45) is 3.04. The number of rotatable bonds is 8. The number of unbranched alkanes of at least 4 members (excludes halogenated alkanes) is 1. The minimum atomic E-state index is -0.261. The van der Waals surface area contributed by atoms with E-state index in [0.717, 1.165) is 12.8 Å². The topological polar surface area (TPSA) is 77.1 Å². The molecule has 0 atom stereocenters. The second-order valence-corrected chi connectivity index (χ2v) is 6.24. The standard InChI is InChI=1S/C19H28N2O5/c1-3-4-13-25-19(23)21-11-9-15(10-12-21)20-18(22)14-26-17-8-6-5-7-16(17)24-2/h5-8,15H,3-4,9-14H2,1-2H3,(H,20,22). The van der Waals surface area contributed by atoms with Crippen molar-refractivity contribution in [1.29, 1.82) is 0 Å². The zero-order valence-electron chi connectivity index (χ0n) is 15.5. The number of methoxy groups -OCH3 is 1. The zero-order valence-corrected chi connectivity index (χ0v) is 15.5. The molecule has 1 N–H and O–H groups in total. The third-order valence-corrected chi connectivity index (χ3v) is 4.27. The second kappa shape index (κ2) is 10.5. The van der Waals surface area contributed by atoms with Crippen molar-refractivity contribution >= 4 is 12.0 Å². The summed E-state index contributed by atoms with van der Waals surface area (Å²) in [7, 11) is 1.56. The molecule has 144 valence electrons. The summed E-state index contributed by atoms with van der Waals surface area (Å²) >= 11 is 0. The number of likely N-dealkylation sites (tertiary alicyclic amines) is 1. The summed E-state index contributed by atoms with van der Waals surface area (Å²) in [5.74, 6) is 0.949. The minimum Gasteiger partial charge on any atom is -0.493 e. The number of nitrogens with one attached hydrogen (secondary N) is 1. The molecule has 2 rings (SSSR count). The molecule has 0 aromatic heterocycles. The van der Waals surface area contributed by atoms with E-state index in [2.05, 4.69) is 12.2 Å². The highest BCUT2D eigenvalue weighted by atomic mass is 16.6. The number of carbonyl (C=O) groups excluding carboxylic acids is 2.